The highest BCUT2D eigenvalue weighted by atomic mass is 79.9. The molecule has 1 aliphatic rings. The standard InChI is InChI=1S/C15H14BrNO2S/c1-17(6-10-4-14(16)20-9-10)15(18)11-2-3-12-7-19-8-13(12)5-11/h2-5,9H,6-8H2,1H3. The molecule has 0 fully saturated rings. The van der Waals surface area contributed by atoms with Crippen molar-refractivity contribution >= 4 is 33.2 Å². The number of thiophene rings is 1. The first-order valence-electron chi connectivity index (χ1n) is 6.31. The molecule has 0 unspecified atom stereocenters. The van der Waals surface area contributed by atoms with Gasteiger partial charge in [-0.2, -0.15) is 0 Å². The van der Waals surface area contributed by atoms with Crippen molar-refractivity contribution in [2.45, 2.75) is 19.8 Å². The van der Waals surface area contributed by atoms with Crippen molar-refractivity contribution in [3.63, 3.8) is 0 Å². The molecule has 20 heavy (non-hydrogen) atoms. The molecule has 0 spiro atoms. The van der Waals surface area contributed by atoms with Gasteiger partial charge < -0.3 is 9.64 Å². The minimum atomic E-state index is 0.0435. The number of benzene rings is 1. The van der Waals surface area contributed by atoms with E-state index in [1.165, 1.54) is 5.56 Å². The fraction of sp³-hybridized carbons (Fsp3) is 0.267. The molecule has 0 radical (unpaired) electrons. The summed E-state index contributed by atoms with van der Waals surface area (Å²) in [7, 11) is 1.83. The van der Waals surface area contributed by atoms with Crippen LogP contribution in [-0.2, 0) is 24.5 Å². The van der Waals surface area contributed by atoms with Gasteiger partial charge in [0.05, 0.1) is 17.0 Å². The van der Waals surface area contributed by atoms with Gasteiger partial charge >= 0.3 is 0 Å². The summed E-state index contributed by atoms with van der Waals surface area (Å²) in [6, 6.07) is 7.87. The summed E-state index contributed by atoms with van der Waals surface area (Å²) < 4.78 is 6.47. The molecule has 5 heteroatoms. The van der Waals surface area contributed by atoms with Crippen LogP contribution in [0.15, 0.2) is 33.4 Å². The van der Waals surface area contributed by atoms with Crippen LogP contribution in [-0.4, -0.2) is 17.9 Å². The lowest BCUT2D eigenvalue weighted by molar-refractivity contribution is 0.0785. The van der Waals surface area contributed by atoms with Gasteiger partial charge in [-0.05, 0) is 56.2 Å². The van der Waals surface area contributed by atoms with Crippen LogP contribution in [0.5, 0.6) is 0 Å². The highest BCUT2D eigenvalue weighted by Gasteiger charge is 2.17. The van der Waals surface area contributed by atoms with Gasteiger partial charge in [0, 0.05) is 19.2 Å². The zero-order chi connectivity index (χ0) is 14.1. The third-order valence-corrected chi connectivity index (χ3v) is 4.91. The summed E-state index contributed by atoms with van der Waals surface area (Å²) in [4.78, 5) is 14.2. The van der Waals surface area contributed by atoms with E-state index in [4.69, 9.17) is 4.74 Å². The fourth-order valence-electron chi connectivity index (χ4n) is 2.30. The number of hydrogen-bond acceptors (Lipinski definition) is 3. The van der Waals surface area contributed by atoms with Crippen LogP contribution < -0.4 is 0 Å². The molecular formula is C15H14BrNO2S. The highest BCUT2D eigenvalue weighted by Crippen LogP contribution is 2.23. The minimum Gasteiger partial charge on any atom is -0.372 e. The van der Waals surface area contributed by atoms with Crippen LogP contribution >= 0.6 is 27.3 Å². The number of fused-ring (bicyclic) bond motifs is 1. The zero-order valence-corrected chi connectivity index (χ0v) is 13.5. The largest absolute Gasteiger partial charge is 0.372 e. The summed E-state index contributed by atoms with van der Waals surface area (Å²) in [5, 5.41) is 2.06. The first-order valence-corrected chi connectivity index (χ1v) is 7.98. The van der Waals surface area contributed by atoms with Crippen LogP contribution in [0.2, 0.25) is 0 Å². The first-order chi connectivity index (χ1) is 9.63. The number of halogens is 1. The average molecular weight is 352 g/mol. The van der Waals surface area contributed by atoms with E-state index in [-0.39, 0.29) is 5.91 Å². The van der Waals surface area contributed by atoms with E-state index in [0.717, 1.165) is 20.5 Å². The third-order valence-electron chi connectivity index (χ3n) is 3.36. The Morgan fingerprint density at radius 2 is 2.15 bits per heavy atom. The van der Waals surface area contributed by atoms with Crippen LogP contribution in [0.25, 0.3) is 0 Å². The van der Waals surface area contributed by atoms with Gasteiger partial charge in [-0.3, -0.25) is 4.79 Å². The Labute approximate surface area is 130 Å². The summed E-state index contributed by atoms with van der Waals surface area (Å²) in [5.74, 6) is 0.0435. The molecule has 104 valence electrons. The first kappa shape index (κ1) is 13.8. The third kappa shape index (κ3) is 2.80. The number of carbonyl (C=O) groups excluding carboxylic acids is 1. The smallest absolute Gasteiger partial charge is 0.253 e. The molecule has 0 saturated carbocycles. The van der Waals surface area contributed by atoms with Crippen LogP contribution in [0.1, 0.15) is 27.0 Å². The molecule has 0 atom stereocenters. The van der Waals surface area contributed by atoms with E-state index in [1.54, 1.807) is 16.2 Å². The van der Waals surface area contributed by atoms with Gasteiger partial charge in [-0.15, -0.1) is 11.3 Å². The number of nitrogens with zero attached hydrogens (tertiary/aromatic N) is 1. The Bertz CT molecular complexity index is 653. The molecule has 0 aliphatic carbocycles. The van der Waals surface area contributed by atoms with Crippen molar-refractivity contribution in [1.29, 1.82) is 0 Å². The maximum Gasteiger partial charge on any atom is 0.253 e. The molecule has 2 aromatic rings. The lowest BCUT2D eigenvalue weighted by Gasteiger charge is -2.17. The molecule has 0 saturated heterocycles. The molecule has 1 aliphatic heterocycles. The average Bonchev–Trinajstić information content (AvgIpc) is 3.05. The van der Waals surface area contributed by atoms with Crippen molar-refractivity contribution < 1.29 is 9.53 Å². The molecule has 3 nitrogen and oxygen atoms in total. The molecular weight excluding hydrogens is 338 g/mol. The number of rotatable bonds is 3. The van der Waals surface area contributed by atoms with Crippen molar-refractivity contribution in [3.8, 4) is 0 Å². The van der Waals surface area contributed by atoms with Gasteiger partial charge in [-0.25, -0.2) is 0 Å². The summed E-state index contributed by atoms with van der Waals surface area (Å²) in [6.07, 6.45) is 0. The number of amides is 1. The summed E-state index contributed by atoms with van der Waals surface area (Å²) >= 11 is 5.07. The number of carbonyl (C=O) groups is 1. The van der Waals surface area contributed by atoms with E-state index in [9.17, 15) is 4.79 Å². The molecule has 0 N–H and O–H groups in total. The number of ether oxygens (including phenoxy) is 1. The zero-order valence-electron chi connectivity index (χ0n) is 11.1. The van der Waals surface area contributed by atoms with Gasteiger partial charge in [0.15, 0.2) is 0 Å². The molecule has 0 bridgehead atoms. The Morgan fingerprint density at radius 1 is 1.35 bits per heavy atom. The topological polar surface area (TPSA) is 29.5 Å². The van der Waals surface area contributed by atoms with Crippen molar-refractivity contribution in [2.75, 3.05) is 7.05 Å². The molecule has 1 aromatic heterocycles. The maximum absolute atomic E-state index is 12.4. The van der Waals surface area contributed by atoms with E-state index in [1.807, 2.05) is 31.3 Å². The van der Waals surface area contributed by atoms with Crippen LogP contribution in [0.4, 0.5) is 0 Å². The highest BCUT2D eigenvalue weighted by molar-refractivity contribution is 9.11. The van der Waals surface area contributed by atoms with Crippen molar-refractivity contribution in [1.82, 2.24) is 4.90 Å². The molecule has 3 rings (SSSR count). The van der Waals surface area contributed by atoms with Crippen LogP contribution in [0.3, 0.4) is 0 Å². The quantitative estimate of drug-likeness (QED) is 0.841. The lowest BCUT2D eigenvalue weighted by Crippen LogP contribution is -2.26. The fourth-order valence-corrected chi connectivity index (χ4v) is 3.50. The normalized spacial score (nSPS) is 13.3. The van der Waals surface area contributed by atoms with Gasteiger partial charge in [0.1, 0.15) is 0 Å². The second-order valence-electron chi connectivity index (χ2n) is 4.90. The number of hydrogen-bond donors (Lipinski definition) is 0. The van der Waals surface area contributed by atoms with Gasteiger partial charge in [0.25, 0.3) is 5.91 Å². The molecule has 2 heterocycles. The van der Waals surface area contributed by atoms with Gasteiger partial charge in [-0.1, -0.05) is 6.07 Å². The SMILES string of the molecule is CN(Cc1csc(Br)c1)C(=O)c1ccc2c(c1)COC2. The van der Waals surface area contributed by atoms with E-state index in [0.29, 0.717) is 19.8 Å². The van der Waals surface area contributed by atoms with Crippen molar-refractivity contribution in [2.24, 2.45) is 0 Å². The Kier molecular flexibility index (Phi) is 3.92. The van der Waals surface area contributed by atoms with E-state index >= 15 is 0 Å². The monoisotopic (exact) mass is 351 g/mol. The Morgan fingerprint density at radius 3 is 2.90 bits per heavy atom. The Hall–Kier alpha value is -1.17. The van der Waals surface area contributed by atoms with E-state index < -0.39 is 0 Å². The van der Waals surface area contributed by atoms with Crippen molar-refractivity contribution in [3.05, 3.63) is 55.7 Å². The van der Waals surface area contributed by atoms with Crippen LogP contribution in [0, 0.1) is 0 Å². The predicted molar refractivity (Wildman–Crippen MR) is 82.8 cm³/mol. The van der Waals surface area contributed by atoms with Gasteiger partial charge in [0.2, 0.25) is 0 Å². The minimum absolute atomic E-state index is 0.0435. The van der Waals surface area contributed by atoms with E-state index in [2.05, 4.69) is 21.3 Å². The second kappa shape index (κ2) is 5.68. The molecule has 1 amide bonds. The second-order valence-corrected chi connectivity index (χ2v) is 7.19. The molecule has 1 aromatic carbocycles. The summed E-state index contributed by atoms with van der Waals surface area (Å²) in [5.41, 5.74) is 4.18. The maximum atomic E-state index is 12.4. The Balaban J connectivity index is 1.74. The predicted octanol–water partition coefficient (Wildman–Crippen LogP) is 3.81. The lowest BCUT2D eigenvalue weighted by atomic mass is 10.1. The summed E-state index contributed by atoms with van der Waals surface area (Å²) in [6.45, 7) is 1.88.